The third kappa shape index (κ3) is 2.33. The summed E-state index contributed by atoms with van der Waals surface area (Å²) in [6, 6.07) is 8.80. The molecule has 0 amide bonds. The number of thiazole rings is 1. The van der Waals surface area contributed by atoms with Gasteiger partial charge in [0.25, 0.3) is 0 Å². The zero-order chi connectivity index (χ0) is 13.3. The molecular formula is C16H20N2S. The molecule has 19 heavy (non-hydrogen) atoms. The first-order valence-electron chi connectivity index (χ1n) is 6.93. The molecular weight excluding hydrogens is 252 g/mol. The number of hydrogen-bond donors (Lipinski definition) is 1. The second-order valence-electron chi connectivity index (χ2n) is 5.55. The van der Waals surface area contributed by atoms with Gasteiger partial charge < -0.3 is 5.73 Å². The van der Waals surface area contributed by atoms with Crippen molar-refractivity contribution in [1.29, 1.82) is 0 Å². The van der Waals surface area contributed by atoms with E-state index in [1.54, 1.807) is 11.3 Å². The number of nitrogens with zero attached hydrogens (tertiary/aromatic N) is 1. The van der Waals surface area contributed by atoms with Crippen molar-refractivity contribution in [1.82, 2.24) is 4.98 Å². The predicted molar refractivity (Wildman–Crippen MR) is 80.7 cm³/mol. The molecule has 0 fully saturated rings. The van der Waals surface area contributed by atoms with Crippen LogP contribution in [0, 0.1) is 6.92 Å². The van der Waals surface area contributed by atoms with Crippen molar-refractivity contribution >= 4 is 11.3 Å². The number of aromatic nitrogens is 1. The molecule has 3 heteroatoms. The van der Waals surface area contributed by atoms with E-state index in [9.17, 15) is 0 Å². The molecule has 2 nitrogen and oxygen atoms in total. The summed E-state index contributed by atoms with van der Waals surface area (Å²) >= 11 is 1.77. The summed E-state index contributed by atoms with van der Waals surface area (Å²) in [6.45, 7) is 2.77. The Bertz CT molecular complexity index is 576. The number of nitrogens with two attached hydrogens (primary N) is 1. The molecule has 1 atom stereocenters. The fourth-order valence-corrected chi connectivity index (χ4v) is 4.16. The van der Waals surface area contributed by atoms with Crippen molar-refractivity contribution in [2.75, 3.05) is 6.54 Å². The van der Waals surface area contributed by atoms with E-state index in [0.717, 1.165) is 12.1 Å². The minimum atomic E-state index is 0.0964. The van der Waals surface area contributed by atoms with Crippen LogP contribution >= 0.6 is 11.3 Å². The molecule has 1 aromatic heterocycles. The standard InChI is InChI=1S/C16H20N2S/c1-12-10-19-15(18-12)9-16(11-17)8-4-6-13-5-2-3-7-14(13)16/h2-3,5,7,10H,4,6,8-9,11,17H2,1H3. The van der Waals surface area contributed by atoms with Crippen molar-refractivity contribution in [2.45, 2.75) is 38.0 Å². The van der Waals surface area contributed by atoms with E-state index in [4.69, 9.17) is 5.73 Å². The summed E-state index contributed by atoms with van der Waals surface area (Å²) in [5.74, 6) is 0. The van der Waals surface area contributed by atoms with E-state index < -0.39 is 0 Å². The van der Waals surface area contributed by atoms with Crippen LogP contribution in [0.4, 0.5) is 0 Å². The lowest BCUT2D eigenvalue weighted by Gasteiger charge is -2.38. The van der Waals surface area contributed by atoms with Gasteiger partial charge in [0.1, 0.15) is 0 Å². The summed E-state index contributed by atoms with van der Waals surface area (Å²) < 4.78 is 0. The monoisotopic (exact) mass is 272 g/mol. The largest absolute Gasteiger partial charge is 0.330 e. The normalized spacial score (nSPS) is 22.2. The Kier molecular flexibility index (Phi) is 3.42. The van der Waals surface area contributed by atoms with Gasteiger partial charge >= 0.3 is 0 Å². The topological polar surface area (TPSA) is 38.9 Å². The third-order valence-electron chi connectivity index (χ3n) is 4.24. The van der Waals surface area contributed by atoms with Gasteiger partial charge in [-0.05, 0) is 37.3 Å². The molecule has 1 aliphatic carbocycles. The Morgan fingerprint density at radius 2 is 2.21 bits per heavy atom. The molecule has 3 rings (SSSR count). The Hall–Kier alpha value is -1.19. The van der Waals surface area contributed by atoms with E-state index >= 15 is 0 Å². The quantitative estimate of drug-likeness (QED) is 0.931. The van der Waals surface area contributed by atoms with Gasteiger partial charge in [-0.25, -0.2) is 4.98 Å². The van der Waals surface area contributed by atoms with E-state index in [2.05, 4.69) is 41.6 Å². The van der Waals surface area contributed by atoms with Crippen LogP contribution in [0.2, 0.25) is 0 Å². The van der Waals surface area contributed by atoms with Crippen molar-refractivity contribution in [2.24, 2.45) is 5.73 Å². The van der Waals surface area contributed by atoms with Gasteiger partial charge in [-0.2, -0.15) is 0 Å². The van der Waals surface area contributed by atoms with Gasteiger partial charge in [0, 0.05) is 29.5 Å². The van der Waals surface area contributed by atoms with Crippen molar-refractivity contribution in [3.63, 3.8) is 0 Å². The summed E-state index contributed by atoms with van der Waals surface area (Å²) in [7, 11) is 0. The van der Waals surface area contributed by atoms with E-state index in [-0.39, 0.29) is 5.41 Å². The van der Waals surface area contributed by atoms with Crippen LogP contribution in [0.15, 0.2) is 29.6 Å². The first-order chi connectivity index (χ1) is 9.23. The maximum Gasteiger partial charge on any atom is 0.0937 e. The lowest BCUT2D eigenvalue weighted by Crippen LogP contribution is -2.40. The SMILES string of the molecule is Cc1csc(CC2(CN)CCCc3ccccc32)n1. The minimum Gasteiger partial charge on any atom is -0.330 e. The molecule has 1 aliphatic rings. The van der Waals surface area contributed by atoms with Crippen LogP contribution in [0.1, 0.15) is 34.7 Å². The highest BCUT2D eigenvalue weighted by Gasteiger charge is 2.36. The van der Waals surface area contributed by atoms with Crippen LogP contribution < -0.4 is 5.73 Å². The highest BCUT2D eigenvalue weighted by molar-refractivity contribution is 7.09. The average molecular weight is 272 g/mol. The Labute approximate surface area is 118 Å². The van der Waals surface area contributed by atoms with Crippen LogP contribution in [-0.2, 0) is 18.3 Å². The Morgan fingerprint density at radius 3 is 2.95 bits per heavy atom. The molecule has 2 aromatic rings. The summed E-state index contributed by atoms with van der Waals surface area (Å²) in [5, 5.41) is 3.36. The molecule has 1 aromatic carbocycles. The fraction of sp³-hybridized carbons (Fsp3) is 0.438. The van der Waals surface area contributed by atoms with Crippen LogP contribution in [0.3, 0.4) is 0 Å². The van der Waals surface area contributed by atoms with Crippen LogP contribution in [0.25, 0.3) is 0 Å². The van der Waals surface area contributed by atoms with Gasteiger partial charge in [0.2, 0.25) is 0 Å². The number of benzene rings is 1. The van der Waals surface area contributed by atoms with Gasteiger partial charge in [-0.1, -0.05) is 24.3 Å². The molecule has 1 heterocycles. The summed E-state index contributed by atoms with van der Waals surface area (Å²) in [5.41, 5.74) is 10.3. The van der Waals surface area contributed by atoms with Crippen molar-refractivity contribution < 1.29 is 0 Å². The van der Waals surface area contributed by atoms with Crippen LogP contribution in [0.5, 0.6) is 0 Å². The fourth-order valence-electron chi connectivity index (χ4n) is 3.25. The highest BCUT2D eigenvalue weighted by Crippen LogP contribution is 2.39. The minimum absolute atomic E-state index is 0.0964. The number of aryl methyl sites for hydroxylation is 2. The third-order valence-corrected chi connectivity index (χ3v) is 5.20. The molecule has 0 radical (unpaired) electrons. The first kappa shape index (κ1) is 12.8. The lowest BCUT2D eigenvalue weighted by atomic mass is 9.68. The van der Waals surface area contributed by atoms with Crippen LogP contribution in [-0.4, -0.2) is 11.5 Å². The predicted octanol–water partition coefficient (Wildman–Crippen LogP) is 3.23. The van der Waals surface area contributed by atoms with Gasteiger partial charge in [0.05, 0.1) is 5.01 Å². The van der Waals surface area contributed by atoms with E-state index in [0.29, 0.717) is 6.54 Å². The number of rotatable bonds is 3. The molecule has 0 bridgehead atoms. The first-order valence-corrected chi connectivity index (χ1v) is 7.81. The molecule has 0 aliphatic heterocycles. The maximum atomic E-state index is 6.18. The summed E-state index contributed by atoms with van der Waals surface area (Å²) in [6.07, 6.45) is 4.59. The molecule has 2 N–H and O–H groups in total. The van der Waals surface area contributed by atoms with E-state index in [1.165, 1.54) is 35.4 Å². The number of fused-ring (bicyclic) bond motifs is 1. The van der Waals surface area contributed by atoms with Gasteiger partial charge in [0.15, 0.2) is 0 Å². The molecule has 1 unspecified atom stereocenters. The number of hydrogen-bond acceptors (Lipinski definition) is 3. The molecule has 100 valence electrons. The zero-order valence-corrected chi connectivity index (χ0v) is 12.2. The average Bonchev–Trinajstić information content (AvgIpc) is 2.84. The van der Waals surface area contributed by atoms with Gasteiger partial charge in [-0.15, -0.1) is 11.3 Å². The lowest BCUT2D eigenvalue weighted by molar-refractivity contribution is 0.365. The molecule has 0 spiro atoms. The smallest absolute Gasteiger partial charge is 0.0937 e. The second-order valence-corrected chi connectivity index (χ2v) is 6.50. The molecule has 0 saturated heterocycles. The Morgan fingerprint density at radius 1 is 1.37 bits per heavy atom. The Balaban J connectivity index is 2.00. The van der Waals surface area contributed by atoms with Gasteiger partial charge in [-0.3, -0.25) is 0 Å². The summed E-state index contributed by atoms with van der Waals surface area (Å²) in [4.78, 5) is 4.63. The zero-order valence-electron chi connectivity index (χ0n) is 11.4. The van der Waals surface area contributed by atoms with Crippen molar-refractivity contribution in [3.05, 3.63) is 51.5 Å². The highest BCUT2D eigenvalue weighted by atomic mass is 32.1. The maximum absolute atomic E-state index is 6.18. The molecule has 0 saturated carbocycles. The van der Waals surface area contributed by atoms with Crippen molar-refractivity contribution in [3.8, 4) is 0 Å². The second kappa shape index (κ2) is 5.06. The van der Waals surface area contributed by atoms with E-state index in [1.807, 2.05) is 0 Å².